The Morgan fingerprint density at radius 2 is 2.04 bits per heavy atom. The van der Waals surface area contributed by atoms with Gasteiger partial charge in [0.25, 0.3) is 0 Å². The first-order valence-corrected chi connectivity index (χ1v) is 11.1. The highest BCUT2D eigenvalue weighted by molar-refractivity contribution is 7.97. The van der Waals surface area contributed by atoms with Gasteiger partial charge < -0.3 is 5.32 Å². The maximum atomic E-state index is 11.5. The smallest absolute Gasteiger partial charge is 0.223 e. The van der Waals surface area contributed by atoms with Crippen LogP contribution in [0, 0.1) is 6.92 Å². The summed E-state index contributed by atoms with van der Waals surface area (Å²) in [5.41, 5.74) is 6.14. The van der Waals surface area contributed by atoms with Gasteiger partial charge >= 0.3 is 0 Å². The molecule has 3 aromatic heterocycles. The van der Waals surface area contributed by atoms with Crippen molar-refractivity contribution >= 4 is 34.1 Å². The maximum absolute atomic E-state index is 11.5. The standard InChI is InChI=1S/C20H23N5OS2/c1-11-6-7-13(8-21-11)16-14-9-27-10-15-18(28-19(23-15)22-12(2)26)17(14)25(24-16)20(3,4)5/h6-8H,9-10H2,1-5H3,(H,22,23,26). The van der Waals surface area contributed by atoms with E-state index in [4.69, 9.17) is 5.10 Å². The molecular weight excluding hydrogens is 390 g/mol. The molecule has 4 rings (SSSR count). The lowest BCUT2D eigenvalue weighted by atomic mass is 10.1. The predicted octanol–water partition coefficient (Wildman–Crippen LogP) is 4.84. The Hall–Kier alpha value is -2.19. The van der Waals surface area contributed by atoms with E-state index < -0.39 is 0 Å². The van der Waals surface area contributed by atoms with E-state index in [1.165, 1.54) is 23.8 Å². The molecular formula is C20H23N5OS2. The van der Waals surface area contributed by atoms with Gasteiger partial charge in [0, 0.05) is 41.4 Å². The number of pyridine rings is 1. The number of anilines is 1. The largest absolute Gasteiger partial charge is 0.302 e. The number of thioether (sulfide) groups is 1. The van der Waals surface area contributed by atoms with E-state index in [-0.39, 0.29) is 11.4 Å². The molecule has 0 atom stereocenters. The van der Waals surface area contributed by atoms with Gasteiger partial charge in [0.15, 0.2) is 5.13 Å². The summed E-state index contributed by atoms with van der Waals surface area (Å²) in [6.45, 7) is 9.97. The Kier molecular flexibility index (Phi) is 4.79. The van der Waals surface area contributed by atoms with Gasteiger partial charge in [0.2, 0.25) is 5.91 Å². The number of nitrogens with one attached hydrogen (secondary N) is 1. The van der Waals surface area contributed by atoms with Gasteiger partial charge in [-0.1, -0.05) is 11.3 Å². The molecule has 0 radical (unpaired) electrons. The van der Waals surface area contributed by atoms with Crippen LogP contribution in [-0.4, -0.2) is 25.7 Å². The van der Waals surface area contributed by atoms with Crippen molar-refractivity contribution in [3.63, 3.8) is 0 Å². The number of hydrogen-bond acceptors (Lipinski definition) is 6. The second-order valence-corrected chi connectivity index (χ2v) is 9.90. The molecule has 0 spiro atoms. The van der Waals surface area contributed by atoms with Crippen molar-refractivity contribution in [2.45, 2.75) is 51.7 Å². The van der Waals surface area contributed by atoms with Crippen LogP contribution in [0.3, 0.4) is 0 Å². The van der Waals surface area contributed by atoms with Crippen LogP contribution in [0.2, 0.25) is 0 Å². The van der Waals surface area contributed by atoms with Gasteiger partial charge in [0.1, 0.15) is 0 Å². The fraction of sp³-hybridized carbons (Fsp3) is 0.400. The fourth-order valence-electron chi connectivity index (χ4n) is 3.23. The lowest BCUT2D eigenvalue weighted by molar-refractivity contribution is -0.114. The van der Waals surface area contributed by atoms with E-state index in [1.54, 1.807) is 0 Å². The molecule has 0 bridgehead atoms. The van der Waals surface area contributed by atoms with E-state index >= 15 is 0 Å². The van der Waals surface area contributed by atoms with Crippen LogP contribution in [0.15, 0.2) is 18.3 Å². The highest BCUT2D eigenvalue weighted by atomic mass is 32.2. The second kappa shape index (κ2) is 7.00. The number of rotatable bonds is 2. The zero-order valence-electron chi connectivity index (χ0n) is 16.7. The first-order chi connectivity index (χ1) is 13.2. The van der Waals surface area contributed by atoms with Crippen molar-refractivity contribution in [2.24, 2.45) is 0 Å². The number of aromatic nitrogens is 4. The highest BCUT2D eigenvalue weighted by Gasteiger charge is 2.31. The maximum Gasteiger partial charge on any atom is 0.223 e. The molecule has 1 amide bonds. The summed E-state index contributed by atoms with van der Waals surface area (Å²) < 4.78 is 2.11. The van der Waals surface area contributed by atoms with Gasteiger partial charge in [-0.3, -0.25) is 14.5 Å². The summed E-state index contributed by atoms with van der Waals surface area (Å²) in [4.78, 5) is 21.7. The molecule has 0 saturated carbocycles. The first kappa shape index (κ1) is 19.1. The van der Waals surface area contributed by atoms with Crippen molar-refractivity contribution in [3.05, 3.63) is 35.3 Å². The summed E-state index contributed by atoms with van der Waals surface area (Å²) in [7, 11) is 0. The highest BCUT2D eigenvalue weighted by Crippen LogP contribution is 2.45. The SMILES string of the molecule is CC(=O)Nc1nc2c(s1)-c1c(c(-c3ccc(C)nc3)nn1C(C)(C)C)CSC2. The number of amides is 1. The topological polar surface area (TPSA) is 72.7 Å². The summed E-state index contributed by atoms with van der Waals surface area (Å²) in [6.07, 6.45) is 1.90. The van der Waals surface area contributed by atoms with Gasteiger partial charge in [0.05, 0.1) is 27.5 Å². The lowest BCUT2D eigenvalue weighted by Crippen LogP contribution is -2.24. The summed E-state index contributed by atoms with van der Waals surface area (Å²) in [6, 6.07) is 4.11. The second-order valence-electron chi connectivity index (χ2n) is 7.92. The molecule has 3 aromatic rings. The van der Waals surface area contributed by atoms with E-state index in [1.807, 2.05) is 30.9 Å². The van der Waals surface area contributed by atoms with Crippen LogP contribution in [0.4, 0.5) is 5.13 Å². The molecule has 28 heavy (non-hydrogen) atoms. The van der Waals surface area contributed by atoms with E-state index in [2.05, 4.69) is 46.8 Å². The van der Waals surface area contributed by atoms with Gasteiger partial charge in [-0.25, -0.2) is 4.98 Å². The van der Waals surface area contributed by atoms with Crippen LogP contribution in [0.5, 0.6) is 0 Å². The quantitative estimate of drug-likeness (QED) is 0.651. The fourth-order valence-corrected chi connectivity index (χ4v) is 5.39. The minimum absolute atomic E-state index is 0.104. The molecule has 0 aromatic carbocycles. The Balaban J connectivity index is 1.95. The molecule has 0 unspecified atom stereocenters. The molecule has 1 aliphatic heterocycles. The monoisotopic (exact) mass is 413 g/mol. The first-order valence-electron chi connectivity index (χ1n) is 9.15. The Bertz CT molecular complexity index is 1040. The van der Waals surface area contributed by atoms with Gasteiger partial charge in [-0.05, 0) is 39.8 Å². The average Bonchev–Trinajstić information content (AvgIpc) is 3.12. The third-order valence-corrected chi connectivity index (χ3v) is 6.47. The Morgan fingerprint density at radius 1 is 1.25 bits per heavy atom. The molecule has 1 N–H and O–H groups in total. The number of fused-ring (bicyclic) bond motifs is 3. The van der Waals surface area contributed by atoms with Crippen molar-refractivity contribution in [2.75, 3.05) is 5.32 Å². The van der Waals surface area contributed by atoms with Crippen LogP contribution in [0.1, 0.15) is 44.6 Å². The van der Waals surface area contributed by atoms with Crippen molar-refractivity contribution in [1.82, 2.24) is 19.7 Å². The van der Waals surface area contributed by atoms with Crippen molar-refractivity contribution < 1.29 is 4.79 Å². The molecule has 1 aliphatic rings. The Labute approximate surface area is 172 Å². The molecule has 146 valence electrons. The zero-order valence-corrected chi connectivity index (χ0v) is 18.3. The van der Waals surface area contributed by atoms with Crippen LogP contribution >= 0.6 is 23.1 Å². The minimum Gasteiger partial charge on any atom is -0.302 e. The van der Waals surface area contributed by atoms with Crippen LogP contribution in [0.25, 0.3) is 21.8 Å². The normalized spacial score (nSPS) is 13.6. The van der Waals surface area contributed by atoms with E-state index in [0.717, 1.165) is 44.7 Å². The summed E-state index contributed by atoms with van der Waals surface area (Å²) in [5.74, 6) is 1.58. The zero-order chi connectivity index (χ0) is 20.1. The number of thiazole rings is 1. The van der Waals surface area contributed by atoms with Crippen molar-refractivity contribution in [3.8, 4) is 21.8 Å². The van der Waals surface area contributed by atoms with Crippen molar-refractivity contribution in [1.29, 1.82) is 0 Å². The number of carbonyl (C=O) groups is 1. The van der Waals surface area contributed by atoms with Gasteiger partial charge in [-0.15, -0.1) is 0 Å². The molecule has 6 nitrogen and oxygen atoms in total. The number of hydrogen-bond donors (Lipinski definition) is 1. The summed E-state index contributed by atoms with van der Waals surface area (Å²) in [5, 5.41) is 8.51. The van der Waals surface area contributed by atoms with Crippen LogP contribution in [-0.2, 0) is 21.8 Å². The van der Waals surface area contributed by atoms with Crippen LogP contribution < -0.4 is 5.32 Å². The molecule has 8 heteroatoms. The summed E-state index contributed by atoms with van der Waals surface area (Å²) >= 11 is 3.36. The average molecular weight is 414 g/mol. The molecule has 0 fully saturated rings. The predicted molar refractivity (Wildman–Crippen MR) is 116 cm³/mol. The Morgan fingerprint density at radius 3 is 2.68 bits per heavy atom. The molecule has 4 heterocycles. The van der Waals surface area contributed by atoms with E-state index in [9.17, 15) is 4.79 Å². The third-order valence-electron chi connectivity index (χ3n) is 4.48. The molecule has 0 aliphatic carbocycles. The minimum atomic E-state index is -0.190. The number of nitrogens with zero attached hydrogens (tertiary/aromatic N) is 4. The van der Waals surface area contributed by atoms with Gasteiger partial charge in [-0.2, -0.15) is 16.9 Å². The number of carbonyl (C=O) groups excluding carboxylic acids is 1. The molecule has 0 saturated heterocycles. The number of aryl methyl sites for hydroxylation is 1. The van der Waals surface area contributed by atoms with E-state index in [0.29, 0.717) is 5.13 Å². The lowest BCUT2D eigenvalue weighted by Gasteiger charge is -2.22. The third kappa shape index (κ3) is 3.46.